The van der Waals surface area contributed by atoms with Gasteiger partial charge in [0.1, 0.15) is 10.8 Å². The van der Waals surface area contributed by atoms with E-state index in [1.54, 1.807) is 13.2 Å². The van der Waals surface area contributed by atoms with E-state index in [0.717, 1.165) is 21.1 Å². The lowest BCUT2D eigenvalue weighted by atomic mass is 10.2. The molecule has 0 unspecified atom stereocenters. The second-order valence-corrected chi connectivity index (χ2v) is 5.59. The molecule has 0 aliphatic heterocycles. The van der Waals surface area contributed by atoms with Crippen molar-refractivity contribution in [2.24, 2.45) is 5.73 Å². The van der Waals surface area contributed by atoms with E-state index >= 15 is 0 Å². The number of ether oxygens (including phenoxy) is 1. The molecule has 2 aromatic rings. The van der Waals surface area contributed by atoms with Gasteiger partial charge in [0.2, 0.25) is 0 Å². The van der Waals surface area contributed by atoms with Crippen molar-refractivity contribution >= 4 is 27.3 Å². The SMILES string of the molecule is COCc1nc(-c2ccc(F)cc2Br)sc1CN. The van der Waals surface area contributed by atoms with Gasteiger partial charge in [-0.1, -0.05) is 0 Å². The molecule has 0 radical (unpaired) electrons. The Morgan fingerprint density at radius 3 is 2.89 bits per heavy atom. The summed E-state index contributed by atoms with van der Waals surface area (Å²) in [6.45, 7) is 0.858. The number of methoxy groups -OCH3 is 1. The third-order valence-corrected chi connectivity index (χ3v) is 4.22. The van der Waals surface area contributed by atoms with Crippen molar-refractivity contribution in [1.29, 1.82) is 0 Å². The zero-order valence-corrected chi connectivity index (χ0v) is 12.1. The zero-order chi connectivity index (χ0) is 13.1. The van der Waals surface area contributed by atoms with Gasteiger partial charge in [0.25, 0.3) is 0 Å². The smallest absolute Gasteiger partial charge is 0.125 e. The lowest BCUT2D eigenvalue weighted by molar-refractivity contribution is 0.181. The van der Waals surface area contributed by atoms with Crippen molar-refractivity contribution in [3.63, 3.8) is 0 Å². The largest absolute Gasteiger partial charge is 0.378 e. The Kier molecular flexibility index (Phi) is 4.45. The highest BCUT2D eigenvalue weighted by molar-refractivity contribution is 9.10. The van der Waals surface area contributed by atoms with Crippen LogP contribution in [0.5, 0.6) is 0 Å². The van der Waals surface area contributed by atoms with Crippen molar-refractivity contribution in [2.75, 3.05) is 7.11 Å². The lowest BCUT2D eigenvalue weighted by Gasteiger charge is -2.00. The van der Waals surface area contributed by atoms with E-state index in [1.807, 2.05) is 0 Å². The summed E-state index contributed by atoms with van der Waals surface area (Å²) in [7, 11) is 1.62. The Labute approximate surface area is 117 Å². The normalized spacial score (nSPS) is 10.9. The van der Waals surface area contributed by atoms with Gasteiger partial charge in [-0.3, -0.25) is 0 Å². The molecule has 2 N–H and O–H groups in total. The van der Waals surface area contributed by atoms with Gasteiger partial charge in [-0.25, -0.2) is 9.37 Å². The second-order valence-electron chi connectivity index (χ2n) is 3.65. The van der Waals surface area contributed by atoms with E-state index in [-0.39, 0.29) is 5.82 Å². The first-order valence-electron chi connectivity index (χ1n) is 5.28. The van der Waals surface area contributed by atoms with E-state index < -0.39 is 0 Å². The monoisotopic (exact) mass is 330 g/mol. The highest BCUT2D eigenvalue weighted by Gasteiger charge is 2.13. The molecule has 0 saturated carbocycles. The van der Waals surface area contributed by atoms with Gasteiger partial charge in [0, 0.05) is 28.6 Å². The van der Waals surface area contributed by atoms with Crippen LogP contribution in [-0.4, -0.2) is 12.1 Å². The highest BCUT2D eigenvalue weighted by Crippen LogP contribution is 2.33. The topological polar surface area (TPSA) is 48.1 Å². The van der Waals surface area contributed by atoms with E-state index in [2.05, 4.69) is 20.9 Å². The van der Waals surface area contributed by atoms with Gasteiger partial charge in [-0.2, -0.15) is 0 Å². The van der Waals surface area contributed by atoms with E-state index in [9.17, 15) is 4.39 Å². The summed E-state index contributed by atoms with van der Waals surface area (Å²) < 4.78 is 18.8. The number of thiazole rings is 1. The van der Waals surface area contributed by atoms with Crippen molar-refractivity contribution in [3.05, 3.63) is 39.1 Å². The van der Waals surface area contributed by atoms with Crippen molar-refractivity contribution < 1.29 is 9.13 Å². The minimum absolute atomic E-state index is 0.279. The molecule has 0 aliphatic carbocycles. The van der Waals surface area contributed by atoms with Crippen LogP contribution in [0.25, 0.3) is 10.6 Å². The minimum atomic E-state index is -0.279. The molecule has 1 aromatic heterocycles. The van der Waals surface area contributed by atoms with Crippen LogP contribution in [0.2, 0.25) is 0 Å². The van der Waals surface area contributed by atoms with Gasteiger partial charge in [-0.05, 0) is 34.1 Å². The average molecular weight is 331 g/mol. The van der Waals surface area contributed by atoms with Crippen molar-refractivity contribution in [1.82, 2.24) is 4.98 Å². The fraction of sp³-hybridized carbons (Fsp3) is 0.250. The van der Waals surface area contributed by atoms with E-state index in [0.29, 0.717) is 17.6 Å². The maximum atomic E-state index is 13.0. The number of hydrogen-bond acceptors (Lipinski definition) is 4. The van der Waals surface area contributed by atoms with Crippen molar-refractivity contribution in [2.45, 2.75) is 13.2 Å². The first kappa shape index (κ1) is 13.6. The molecule has 1 aromatic carbocycles. The van der Waals surface area contributed by atoms with Crippen LogP contribution in [-0.2, 0) is 17.9 Å². The summed E-state index contributed by atoms with van der Waals surface area (Å²) in [5.41, 5.74) is 7.38. The number of benzene rings is 1. The molecule has 0 spiro atoms. The highest BCUT2D eigenvalue weighted by atomic mass is 79.9. The first-order chi connectivity index (χ1) is 8.65. The maximum absolute atomic E-state index is 13.0. The maximum Gasteiger partial charge on any atom is 0.125 e. The fourth-order valence-corrected chi connectivity index (χ4v) is 3.22. The summed E-state index contributed by atoms with van der Waals surface area (Å²) in [4.78, 5) is 5.48. The van der Waals surface area contributed by atoms with Crippen LogP contribution in [0.15, 0.2) is 22.7 Å². The Balaban J connectivity index is 2.44. The lowest BCUT2D eigenvalue weighted by Crippen LogP contribution is -1.99. The Morgan fingerprint density at radius 2 is 2.28 bits per heavy atom. The second kappa shape index (κ2) is 5.88. The van der Waals surface area contributed by atoms with Crippen LogP contribution in [0.1, 0.15) is 10.6 Å². The number of aromatic nitrogens is 1. The first-order valence-corrected chi connectivity index (χ1v) is 6.89. The van der Waals surface area contributed by atoms with Crippen LogP contribution < -0.4 is 5.73 Å². The third kappa shape index (κ3) is 2.77. The molecule has 3 nitrogen and oxygen atoms in total. The molecule has 0 saturated heterocycles. The molecule has 0 atom stereocenters. The summed E-state index contributed by atoms with van der Waals surface area (Å²) in [6.07, 6.45) is 0. The number of halogens is 2. The van der Waals surface area contributed by atoms with Gasteiger partial charge in [0.15, 0.2) is 0 Å². The van der Waals surface area contributed by atoms with Gasteiger partial charge < -0.3 is 10.5 Å². The van der Waals surface area contributed by atoms with Crippen LogP contribution in [0.3, 0.4) is 0 Å². The summed E-state index contributed by atoms with van der Waals surface area (Å²) in [6, 6.07) is 4.55. The molecule has 6 heteroatoms. The molecule has 1 heterocycles. The molecule has 0 fully saturated rings. The van der Waals surface area contributed by atoms with E-state index in [1.165, 1.54) is 23.5 Å². The number of nitrogens with two attached hydrogens (primary N) is 1. The summed E-state index contributed by atoms with van der Waals surface area (Å²) in [5.74, 6) is -0.279. The Bertz CT molecular complexity index is 559. The minimum Gasteiger partial charge on any atom is -0.378 e. The predicted molar refractivity (Wildman–Crippen MR) is 73.8 cm³/mol. The van der Waals surface area contributed by atoms with Crippen molar-refractivity contribution in [3.8, 4) is 10.6 Å². The molecular weight excluding hydrogens is 319 g/mol. The Hall–Kier alpha value is -0.820. The average Bonchev–Trinajstić information content (AvgIpc) is 2.72. The standard InChI is InChI=1S/C12H12BrFN2OS/c1-17-6-10-11(5-15)18-12(16-10)8-3-2-7(14)4-9(8)13/h2-4H,5-6,15H2,1H3. The molecular formula is C12H12BrFN2OS. The summed E-state index contributed by atoms with van der Waals surface area (Å²) in [5, 5.41) is 0.814. The van der Waals surface area contributed by atoms with Gasteiger partial charge in [0.05, 0.1) is 12.3 Å². The Morgan fingerprint density at radius 1 is 1.50 bits per heavy atom. The quantitative estimate of drug-likeness (QED) is 0.935. The molecule has 0 amide bonds. The van der Waals surface area contributed by atoms with Crippen LogP contribution in [0, 0.1) is 5.82 Å². The third-order valence-electron chi connectivity index (χ3n) is 2.41. The van der Waals surface area contributed by atoms with E-state index in [4.69, 9.17) is 10.5 Å². The molecule has 2 rings (SSSR count). The fourth-order valence-electron chi connectivity index (χ4n) is 1.57. The van der Waals surface area contributed by atoms with Gasteiger partial charge >= 0.3 is 0 Å². The van der Waals surface area contributed by atoms with Crippen LogP contribution >= 0.6 is 27.3 Å². The molecule has 96 valence electrons. The summed E-state index contributed by atoms with van der Waals surface area (Å²) >= 11 is 4.85. The number of nitrogens with zero attached hydrogens (tertiary/aromatic N) is 1. The van der Waals surface area contributed by atoms with Gasteiger partial charge in [-0.15, -0.1) is 11.3 Å². The molecule has 18 heavy (non-hydrogen) atoms. The molecule has 0 bridgehead atoms. The number of hydrogen-bond donors (Lipinski definition) is 1. The predicted octanol–water partition coefficient (Wildman–Crippen LogP) is 3.32. The molecule has 0 aliphatic rings. The zero-order valence-electron chi connectivity index (χ0n) is 9.74. The number of rotatable bonds is 4. The van der Waals surface area contributed by atoms with Crippen LogP contribution in [0.4, 0.5) is 4.39 Å².